The van der Waals surface area contributed by atoms with Gasteiger partial charge in [-0.05, 0) is 12.1 Å². The Morgan fingerprint density at radius 2 is 2.00 bits per heavy atom. The van der Waals surface area contributed by atoms with Crippen LogP contribution in [0.3, 0.4) is 0 Å². The van der Waals surface area contributed by atoms with E-state index in [4.69, 9.17) is 0 Å². The van der Waals surface area contributed by atoms with E-state index in [2.05, 4.69) is 9.72 Å². The topological polar surface area (TPSA) is 42.1 Å². The van der Waals surface area contributed by atoms with Gasteiger partial charge in [0.25, 0.3) is 5.56 Å². The van der Waals surface area contributed by atoms with Crippen molar-refractivity contribution in [2.75, 3.05) is 0 Å². The lowest BCUT2D eigenvalue weighted by molar-refractivity contribution is -0.0507. The first kappa shape index (κ1) is 9.64. The highest BCUT2D eigenvalue weighted by Gasteiger charge is 2.09. The smallest absolute Gasteiger partial charge is 0.387 e. The van der Waals surface area contributed by atoms with Crippen molar-refractivity contribution in [3.63, 3.8) is 0 Å². The molecule has 0 aliphatic heterocycles. The van der Waals surface area contributed by atoms with Crippen molar-refractivity contribution in [2.45, 2.75) is 6.61 Å². The number of ether oxygens (including phenoxy) is 1. The Hall–Kier alpha value is -1.91. The number of hydrogen-bond donors (Lipinski definition) is 1. The van der Waals surface area contributed by atoms with Gasteiger partial charge >= 0.3 is 6.61 Å². The van der Waals surface area contributed by atoms with Gasteiger partial charge in [-0.25, -0.2) is 0 Å². The zero-order valence-corrected chi connectivity index (χ0v) is 7.54. The van der Waals surface area contributed by atoms with Crippen LogP contribution >= 0.6 is 0 Å². The van der Waals surface area contributed by atoms with E-state index in [9.17, 15) is 13.6 Å². The lowest BCUT2D eigenvalue weighted by Crippen LogP contribution is -2.14. The summed E-state index contributed by atoms with van der Waals surface area (Å²) < 4.78 is 27.9. The van der Waals surface area contributed by atoms with Crippen molar-refractivity contribution in [3.8, 4) is 5.75 Å². The molecule has 1 aromatic heterocycles. The largest absolute Gasteiger partial charge is 0.429 e. The van der Waals surface area contributed by atoms with Crippen LogP contribution < -0.4 is 10.3 Å². The van der Waals surface area contributed by atoms with Crippen molar-refractivity contribution < 1.29 is 13.5 Å². The first-order valence-electron chi connectivity index (χ1n) is 4.24. The number of fused-ring (bicyclic) bond motifs is 1. The number of benzene rings is 1. The summed E-state index contributed by atoms with van der Waals surface area (Å²) in [5.74, 6) is -0.372. The molecular formula is C10H7F2NO2. The second-order valence-corrected chi connectivity index (χ2v) is 2.93. The first-order chi connectivity index (χ1) is 7.16. The SMILES string of the molecule is O=c1[nH]c2ccccc2cc1OC(F)F. The third-order valence-corrected chi connectivity index (χ3v) is 1.94. The summed E-state index contributed by atoms with van der Waals surface area (Å²) in [5, 5.41) is 0.646. The predicted octanol–water partition coefficient (Wildman–Crippen LogP) is 2.13. The molecule has 0 saturated carbocycles. The van der Waals surface area contributed by atoms with E-state index in [1.807, 2.05) is 0 Å². The van der Waals surface area contributed by atoms with Gasteiger partial charge in [0, 0.05) is 10.9 Å². The van der Waals surface area contributed by atoms with Gasteiger partial charge in [-0.1, -0.05) is 18.2 Å². The summed E-state index contributed by atoms with van der Waals surface area (Å²) in [4.78, 5) is 13.7. The van der Waals surface area contributed by atoms with Crippen LogP contribution in [-0.2, 0) is 0 Å². The van der Waals surface area contributed by atoms with Crippen LogP contribution in [0.1, 0.15) is 0 Å². The Balaban J connectivity index is 2.57. The van der Waals surface area contributed by atoms with E-state index in [0.717, 1.165) is 0 Å². The van der Waals surface area contributed by atoms with Crippen molar-refractivity contribution >= 4 is 10.9 Å². The Morgan fingerprint density at radius 3 is 2.73 bits per heavy atom. The lowest BCUT2D eigenvalue weighted by Gasteiger charge is -2.04. The summed E-state index contributed by atoms with van der Waals surface area (Å²) >= 11 is 0. The summed E-state index contributed by atoms with van der Waals surface area (Å²) in [6.45, 7) is -2.99. The Labute approximate surface area is 83.3 Å². The maximum atomic E-state index is 11.9. The summed E-state index contributed by atoms with van der Waals surface area (Å²) in [5.41, 5.74) is -0.0712. The molecule has 0 radical (unpaired) electrons. The van der Waals surface area contributed by atoms with Crippen LogP contribution in [0.2, 0.25) is 0 Å². The molecule has 0 spiro atoms. The molecule has 78 valence electrons. The average molecular weight is 211 g/mol. The van der Waals surface area contributed by atoms with E-state index >= 15 is 0 Å². The molecule has 15 heavy (non-hydrogen) atoms. The molecule has 0 saturated heterocycles. The van der Waals surface area contributed by atoms with E-state index < -0.39 is 12.2 Å². The zero-order valence-electron chi connectivity index (χ0n) is 7.54. The minimum Gasteiger partial charge on any atom is -0.429 e. The molecule has 0 aliphatic rings. The van der Waals surface area contributed by atoms with Crippen LogP contribution in [0, 0.1) is 0 Å². The lowest BCUT2D eigenvalue weighted by atomic mass is 10.2. The van der Waals surface area contributed by atoms with Crippen LogP contribution in [-0.4, -0.2) is 11.6 Å². The van der Waals surface area contributed by atoms with Crippen LogP contribution in [0.25, 0.3) is 10.9 Å². The Bertz CT molecular complexity index is 536. The maximum Gasteiger partial charge on any atom is 0.387 e. The molecule has 0 bridgehead atoms. The van der Waals surface area contributed by atoms with E-state index in [0.29, 0.717) is 10.9 Å². The molecule has 2 rings (SSSR count). The number of alkyl halides is 2. The highest BCUT2D eigenvalue weighted by Crippen LogP contribution is 2.15. The Morgan fingerprint density at radius 1 is 1.27 bits per heavy atom. The molecule has 0 atom stereocenters. The van der Waals surface area contributed by atoms with Gasteiger partial charge < -0.3 is 9.72 Å². The zero-order chi connectivity index (χ0) is 10.8. The molecule has 1 N–H and O–H groups in total. The van der Waals surface area contributed by atoms with E-state index in [1.54, 1.807) is 24.3 Å². The third-order valence-electron chi connectivity index (χ3n) is 1.94. The number of para-hydroxylation sites is 1. The number of aromatic nitrogens is 1. The molecular weight excluding hydrogens is 204 g/mol. The fourth-order valence-electron chi connectivity index (χ4n) is 1.31. The van der Waals surface area contributed by atoms with Crippen molar-refractivity contribution in [3.05, 3.63) is 40.7 Å². The minimum atomic E-state index is -2.99. The summed E-state index contributed by atoms with van der Waals surface area (Å²) in [7, 11) is 0. The van der Waals surface area contributed by atoms with Crippen molar-refractivity contribution in [2.24, 2.45) is 0 Å². The minimum absolute atomic E-state index is 0.372. The highest BCUT2D eigenvalue weighted by molar-refractivity contribution is 5.79. The van der Waals surface area contributed by atoms with Gasteiger partial charge in [0.05, 0.1) is 0 Å². The molecule has 0 aliphatic carbocycles. The number of aromatic amines is 1. The normalized spacial score (nSPS) is 10.9. The van der Waals surface area contributed by atoms with Gasteiger partial charge in [-0.15, -0.1) is 0 Å². The molecule has 0 fully saturated rings. The summed E-state index contributed by atoms with van der Waals surface area (Å²) in [6.07, 6.45) is 0. The first-order valence-corrected chi connectivity index (χ1v) is 4.24. The number of rotatable bonds is 2. The highest BCUT2D eigenvalue weighted by atomic mass is 19.3. The molecule has 1 aromatic carbocycles. The average Bonchev–Trinajstić information content (AvgIpc) is 2.18. The molecule has 0 amide bonds. The number of pyridine rings is 1. The second-order valence-electron chi connectivity index (χ2n) is 2.93. The number of H-pyrrole nitrogens is 1. The van der Waals surface area contributed by atoms with Crippen LogP contribution in [0.15, 0.2) is 35.1 Å². The second kappa shape index (κ2) is 3.68. The van der Waals surface area contributed by atoms with Crippen molar-refractivity contribution in [1.82, 2.24) is 4.98 Å². The van der Waals surface area contributed by atoms with Gasteiger partial charge in [0.2, 0.25) is 0 Å². The summed E-state index contributed by atoms with van der Waals surface area (Å²) in [6, 6.07) is 8.16. The van der Waals surface area contributed by atoms with E-state index in [1.165, 1.54) is 6.07 Å². The van der Waals surface area contributed by atoms with Gasteiger partial charge in [-0.3, -0.25) is 4.79 Å². The quantitative estimate of drug-likeness (QED) is 0.826. The predicted molar refractivity (Wildman–Crippen MR) is 51.2 cm³/mol. The molecule has 3 nitrogen and oxygen atoms in total. The number of hydrogen-bond acceptors (Lipinski definition) is 2. The number of nitrogens with one attached hydrogen (secondary N) is 1. The Kier molecular flexibility index (Phi) is 2.37. The standard InChI is InChI=1S/C10H7F2NO2/c11-10(12)15-8-5-6-3-1-2-4-7(6)13-9(8)14/h1-5,10H,(H,13,14). The van der Waals surface area contributed by atoms with Gasteiger partial charge in [-0.2, -0.15) is 8.78 Å². The van der Waals surface area contributed by atoms with Crippen LogP contribution in [0.5, 0.6) is 5.75 Å². The molecule has 1 heterocycles. The van der Waals surface area contributed by atoms with Gasteiger partial charge in [0.1, 0.15) is 0 Å². The van der Waals surface area contributed by atoms with Gasteiger partial charge in [0.15, 0.2) is 5.75 Å². The maximum absolute atomic E-state index is 11.9. The molecule has 2 aromatic rings. The molecule has 0 unspecified atom stereocenters. The molecule has 5 heteroatoms. The van der Waals surface area contributed by atoms with Crippen LogP contribution in [0.4, 0.5) is 8.78 Å². The van der Waals surface area contributed by atoms with E-state index in [-0.39, 0.29) is 5.75 Å². The third kappa shape index (κ3) is 1.96. The number of halogens is 2. The fraction of sp³-hybridized carbons (Fsp3) is 0.100. The van der Waals surface area contributed by atoms with Crippen molar-refractivity contribution in [1.29, 1.82) is 0 Å². The fourth-order valence-corrected chi connectivity index (χ4v) is 1.31. The monoisotopic (exact) mass is 211 g/mol.